The minimum absolute atomic E-state index is 0.615. The number of rotatable bonds is 25. The molecular formula is C35H57NO5. The lowest BCUT2D eigenvalue weighted by Crippen LogP contribution is -2.07. The van der Waals surface area contributed by atoms with Gasteiger partial charge in [0.05, 0.1) is 26.4 Å². The van der Waals surface area contributed by atoms with Crippen molar-refractivity contribution in [1.29, 1.82) is 0 Å². The van der Waals surface area contributed by atoms with Gasteiger partial charge in [-0.3, -0.25) is 0 Å². The molecule has 0 atom stereocenters. The third kappa shape index (κ3) is 21.7. The summed E-state index contributed by atoms with van der Waals surface area (Å²) in [4.78, 5) is 10.2. The number of hydrogen-bond donors (Lipinski definition) is 1. The number of nitrogens with one attached hydrogen (secondary N) is 1. The van der Waals surface area contributed by atoms with Crippen LogP contribution in [0.1, 0.15) is 104 Å². The summed E-state index contributed by atoms with van der Waals surface area (Å²) in [6.07, 6.45) is 16.6. The van der Waals surface area contributed by atoms with E-state index in [4.69, 9.17) is 18.9 Å². The van der Waals surface area contributed by atoms with E-state index < -0.39 is 0 Å². The molecule has 41 heavy (non-hydrogen) atoms. The SMILES string of the molecule is CCCCCCOc1cccc(OCCCCC=O)c1.CCCCCCOc1cccc(OCCCCCNC)c1. The Bertz CT molecular complexity index is 860. The Labute approximate surface area is 250 Å². The smallest absolute Gasteiger partial charge is 0.122 e. The van der Waals surface area contributed by atoms with Gasteiger partial charge in [-0.1, -0.05) is 64.5 Å². The van der Waals surface area contributed by atoms with E-state index in [1.165, 1.54) is 51.4 Å². The van der Waals surface area contributed by atoms with Crippen molar-refractivity contribution in [3.63, 3.8) is 0 Å². The lowest BCUT2D eigenvalue weighted by Gasteiger charge is -2.09. The molecule has 0 radical (unpaired) electrons. The normalized spacial score (nSPS) is 10.4. The Morgan fingerprint density at radius 3 is 1.32 bits per heavy atom. The third-order valence-corrected chi connectivity index (χ3v) is 6.47. The first-order valence-electron chi connectivity index (χ1n) is 16.0. The van der Waals surface area contributed by atoms with Crippen molar-refractivity contribution in [3.05, 3.63) is 48.5 Å². The summed E-state index contributed by atoms with van der Waals surface area (Å²) >= 11 is 0. The average molecular weight is 572 g/mol. The van der Waals surface area contributed by atoms with Gasteiger partial charge in [0.1, 0.15) is 29.3 Å². The third-order valence-electron chi connectivity index (χ3n) is 6.47. The average Bonchev–Trinajstić information content (AvgIpc) is 2.99. The highest BCUT2D eigenvalue weighted by Gasteiger charge is 2.00. The largest absolute Gasteiger partial charge is 0.493 e. The van der Waals surface area contributed by atoms with E-state index in [1.807, 2.05) is 55.6 Å². The molecule has 0 unspecified atom stereocenters. The van der Waals surface area contributed by atoms with Crippen LogP contribution in [0.3, 0.4) is 0 Å². The number of aldehydes is 1. The minimum Gasteiger partial charge on any atom is -0.493 e. The molecular weight excluding hydrogens is 514 g/mol. The van der Waals surface area contributed by atoms with Crippen molar-refractivity contribution in [2.24, 2.45) is 0 Å². The highest BCUT2D eigenvalue weighted by molar-refractivity contribution is 5.48. The van der Waals surface area contributed by atoms with Crippen molar-refractivity contribution in [2.75, 3.05) is 40.0 Å². The molecule has 6 heteroatoms. The first-order chi connectivity index (χ1) is 20.2. The van der Waals surface area contributed by atoms with Gasteiger partial charge in [-0.25, -0.2) is 0 Å². The molecule has 2 aromatic rings. The van der Waals surface area contributed by atoms with Gasteiger partial charge >= 0.3 is 0 Å². The summed E-state index contributed by atoms with van der Waals surface area (Å²) in [6.45, 7) is 8.51. The van der Waals surface area contributed by atoms with Crippen LogP contribution in [-0.2, 0) is 4.79 Å². The Hall–Kier alpha value is -2.73. The second kappa shape index (κ2) is 27.4. The molecule has 232 valence electrons. The van der Waals surface area contributed by atoms with Crippen LogP contribution >= 0.6 is 0 Å². The fraction of sp³-hybridized carbons (Fsp3) is 0.629. The summed E-state index contributed by atoms with van der Waals surface area (Å²) in [5.74, 6) is 3.53. The molecule has 0 bridgehead atoms. The fourth-order valence-corrected chi connectivity index (χ4v) is 4.04. The number of ether oxygens (including phenoxy) is 4. The van der Waals surface area contributed by atoms with Gasteiger partial charge in [-0.05, 0) is 82.8 Å². The van der Waals surface area contributed by atoms with E-state index in [-0.39, 0.29) is 0 Å². The first kappa shape index (κ1) is 36.3. The zero-order valence-electron chi connectivity index (χ0n) is 26.2. The molecule has 0 saturated heterocycles. The quantitative estimate of drug-likeness (QED) is 0.0949. The van der Waals surface area contributed by atoms with E-state index in [0.29, 0.717) is 13.0 Å². The van der Waals surface area contributed by atoms with Crippen LogP contribution in [-0.4, -0.2) is 46.3 Å². The standard InChI is InChI=1S/C18H31NO2.C17H26O3/c1-3-4-5-8-14-20-17-11-10-12-18(16-17)21-15-9-6-7-13-19-2;1-2-3-4-7-13-19-16-10-9-11-17(15-16)20-14-8-5-6-12-18/h10-12,16,19H,3-9,13-15H2,1-2H3;9-12,15H,2-8,13-14H2,1H3. The second-order valence-electron chi connectivity index (χ2n) is 10.3. The molecule has 2 rings (SSSR count). The summed E-state index contributed by atoms with van der Waals surface area (Å²) < 4.78 is 22.9. The lowest BCUT2D eigenvalue weighted by atomic mass is 10.2. The Kier molecular flexibility index (Phi) is 24.3. The highest BCUT2D eigenvalue weighted by Crippen LogP contribution is 2.21. The topological polar surface area (TPSA) is 66.0 Å². The predicted molar refractivity (Wildman–Crippen MR) is 171 cm³/mol. The van der Waals surface area contributed by atoms with Crippen molar-refractivity contribution >= 4 is 6.29 Å². The molecule has 1 N–H and O–H groups in total. The van der Waals surface area contributed by atoms with Gasteiger partial charge in [0.25, 0.3) is 0 Å². The van der Waals surface area contributed by atoms with E-state index in [9.17, 15) is 4.79 Å². The van der Waals surface area contributed by atoms with Crippen LogP contribution in [0.2, 0.25) is 0 Å². The number of benzene rings is 2. The molecule has 0 aliphatic carbocycles. The maximum Gasteiger partial charge on any atom is 0.122 e. The van der Waals surface area contributed by atoms with Gasteiger partial charge in [-0.15, -0.1) is 0 Å². The van der Waals surface area contributed by atoms with Gasteiger partial charge in [0.2, 0.25) is 0 Å². The van der Waals surface area contributed by atoms with Crippen molar-refractivity contribution in [2.45, 2.75) is 104 Å². The molecule has 0 aliphatic heterocycles. The minimum atomic E-state index is 0.615. The van der Waals surface area contributed by atoms with E-state index in [1.54, 1.807) is 0 Å². The van der Waals surface area contributed by atoms with Crippen LogP contribution in [0, 0.1) is 0 Å². The highest BCUT2D eigenvalue weighted by atomic mass is 16.5. The lowest BCUT2D eigenvalue weighted by molar-refractivity contribution is -0.107. The van der Waals surface area contributed by atoms with Crippen LogP contribution in [0.25, 0.3) is 0 Å². The van der Waals surface area contributed by atoms with E-state index in [0.717, 1.165) is 87.8 Å². The van der Waals surface area contributed by atoms with Crippen LogP contribution < -0.4 is 24.3 Å². The van der Waals surface area contributed by atoms with Crippen LogP contribution in [0.4, 0.5) is 0 Å². The molecule has 6 nitrogen and oxygen atoms in total. The maximum atomic E-state index is 10.2. The Morgan fingerprint density at radius 2 is 0.951 bits per heavy atom. The van der Waals surface area contributed by atoms with Crippen LogP contribution in [0.15, 0.2) is 48.5 Å². The maximum absolute atomic E-state index is 10.2. The zero-order chi connectivity index (χ0) is 29.6. The molecule has 0 amide bonds. The van der Waals surface area contributed by atoms with E-state index in [2.05, 4.69) is 19.2 Å². The molecule has 0 aliphatic rings. The number of carbonyl (C=O) groups excluding carboxylic acids is 1. The number of unbranched alkanes of at least 4 members (excludes halogenated alkanes) is 10. The van der Waals surface area contributed by atoms with Crippen molar-refractivity contribution in [1.82, 2.24) is 5.32 Å². The van der Waals surface area contributed by atoms with Crippen molar-refractivity contribution in [3.8, 4) is 23.0 Å². The Morgan fingerprint density at radius 1 is 0.561 bits per heavy atom. The van der Waals surface area contributed by atoms with Crippen molar-refractivity contribution < 1.29 is 23.7 Å². The van der Waals surface area contributed by atoms with Gasteiger partial charge < -0.3 is 29.1 Å². The summed E-state index contributed by atoms with van der Waals surface area (Å²) in [5.41, 5.74) is 0. The van der Waals surface area contributed by atoms with Crippen LogP contribution in [0.5, 0.6) is 23.0 Å². The molecule has 0 heterocycles. The number of carbonyl (C=O) groups is 1. The zero-order valence-corrected chi connectivity index (χ0v) is 26.2. The Balaban J connectivity index is 0.000000410. The monoisotopic (exact) mass is 571 g/mol. The summed E-state index contributed by atoms with van der Waals surface area (Å²) in [5, 5.41) is 3.16. The first-order valence-corrected chi connectivity index (χ1v) is 16.0. The summed E-state index contributed by atoms with van der Waals surface area (Å²) in [7, 11) is 1.99. The fourth-order valence-electron chi connectivity index (χ4n) is 4.04. The predicted octanol–water partition coefficient (Wildman–Crippen LogP) is 8.81. The molecule has 0 fully saturated rings. The van der Waals surface area contributed by atoms with Gasteiger partial charge in [-0.2, -0.15) is 0 Å². The van der Waals surface area contributed by atoms with Gasteiger partial charge in [0.15, 0.2) is 0 Å². The second-order valence-corrected chi connectivity index (χ2v) is 10.3. The molecule has 0 spiro atoms. The molecule has 0 aromatic heterocycles. The summed E-state index contributed by atoms with van der Waals surface area (Å²) in [6, 6.07) is 15.8. The molecule has 0 saturated carbocycles. The van der Waals surface area contributed by atoms with E-state index >= 15 is 0 Å². The van der Waals surface area contributed by atoms with Gasteiger partial charge in [0, 0.05) is 18.6 Å². The molecule has 2 aromatic carbocycles. The number of hydrogen-bond acceptors (Lipinski definition) is 6.